The predicted octanol–water partition coefficient (Wildman–Crippen LogP) is 2.64. The van der Waals surface area contributed by atoms with Crippen molar-refractivity contribution in [3.8, 4) is 0 Å². The Bertz CT molecular complexity index is 687. The zero-order valence-electron chi connectivity index (χ0n) is 11.4. The predicted molar refractivity (Wildman–Crippen MR) is 81.5 cm³/mol. The molecule has 1 aromatic carbocycles. The van der Waals surface area contributed by atoms with Crippen molar-refractivity contribution < 1.29 is 4.79 Å². The van der Waals surface area contributed by atoms with Gasteiger partial charge in [-0.1, -0.05) is 12.1 Å². The van der Waals surface area contributed by atoms with Gasteiger partial charge in [-0.3, -0.25) is 9.78 Å². The first-order valence-corrected chi connectivity index (χ1v) is 6.41. The van der Waals surface area contributed by atoms with Crippen LogP contribution >= 0.6 is 0 Å². The molecule has 1 aromatic heterocycles. The summed E-state index contributed by atoms with van der Waals surface area (Å²) in [5.74, 6) is -0.101. The number of anilines is 2. The molecule has 2 aromatic rings. The van der Waals surface area contributed by atoms with E-state index in [-0.39, 0.29) is 5.91 Å². The molecule has 1 aliphatic rings. The van der Waals surface area contributed by atoms with Crippen LogP contribution < -0.4 is 10.2 Å². The van der Waals surface area contributed by atoms with Gasteiger partial charge in [0.15, 0.2) is 0 Å². The molecule has 0 aliphatic carbocycles. The lowest BCUT2D eigenvalue weighted by molar-refractivity contribution is -0.110. The number of rotatable bonds is 2. The second kappa shape index (κ2) is 4.81. The number of carbonyl (C=O) groups excluding carboxylic acids is 1. The van der Waals surface area contributed by atoms with Crippen molar-refractivity contribution in [3.63, 3.8) is 0 Å². The fraction of sp³-hybridized carbons (Fsp3) is 0.125. The minimum absolute atomic E-state index is 0.101. The van der Waals surface area contributed by atoms with Crippen molar-refractivity contribution in [2.45, 2.75) is 0 Å². The lowest BCUT2D eigenvalue weighted by atomic mass is 10.1. The van der Waals surface area contributed by atoms with Crippen LogP contribution in [0.5, 0.6) is 0 Å². The lowest BCUT2D eigenvalue weighted by Gasteiger charge is -2.11. The molecule has 20 heavy (non-hydrogen) atoms. The maximum atomic E-state index is 12.0. The van der Waals surface area contributed by atoms with Crippen molar-refractivity contribution in [1.29, 1.82) is 0 Å². The summed E-state index contributed by atoms with van der Waals surface area (Å²) in [5.41, 5.74) is 4.21. The number of hydrogen-bond donors (Lipinski definition) is 1. The highest BCUT2D eigenvalue weighted by Crippen LogP contribution is 2.30. The molecule has 0 atom stereocenters. The van der Waals surface area contributed by atoms with Crippen molar-refractivity contribution >= 4 is 28.9 Å². The molecule has 100 valence electrons. The van der Waals surface area contributed by atoms with E-state index in [4.69, 9.17) is 0 Å². The van der Waals surface area contributed by atoms with Gasteiger partial charge in [-0.25, -0.2) is 0 Å². The SMILES string of the molecule is CN(C)c1ccc(/C=C2\C(=O)Nc3cccnc32)cc1. The summed E-state index contributed by atoms with van der Waals surface area (Å²) >= 11 is 0. The normalized spacial score (nSPS) is 15.1. The zero-order valence-corrected chi connectivity index (χ0v) is 11.4. The molecule has 3 rings (SSSR count). The van der Waals surface area contributed by atoms with Crippen LogP contribution in [0.2, 0.25) is 0 Å². The van der Waals surface area contributed by atoms with E-state index in [2.05, 4.69) is 10.3 Å². The number of nitrogens with zero attached hydrogens (tertiary/aromatic N) is 2. The van der Waals surface area contributed by atoms with E-state index in [1.165, 1.54) is 0 Å². The Morgan fingerprint density at radius 3 is 2.60 bits per heavy atom. The Hall–Kier alpha value is -2.62. The second-order valence-corrected chi connectivity index (χ2v) is 4.90. The smallest absolute Gasteiger partial charge is 0.258 e. The number of nitrogens with one attached hydrogen (secondary N) is 1. The summed E-state index contributed by atoms with van der Waals surface area (Å²) in [5, 5.41) is 2.82. The van der Waals surface area contributed by atoms with Gasteiger partial charge >= 0.3 is 0 Å². The quantitative estimate of drug-likeness (QED) is 0.849. The molecule has 2 heterocycles. The first kappa shape index (κ1) is 12.4. The molecule has 0 saturated heterocycles. The van der Waals surface area contributed by atoms with Gasteiger partial charge in [0.1, 0.15) is 0 Å². The Morgan fingerprint density at radius 1 is 1.15 bits per heavy atom. The fourth-order valence-corrected chi connectivity index (χ4v) is 2.19. The molecule has 1 N–H and O–H groups in total. The standard InChI is InChI=1S/C16H15N3O/c1-19(2)12-7-5-11(6-8-12)10-13-15-14(18-16(13)20)4-3-9-17-15/h3-10H,1-2H3,(H,18,20)/b13-10-. The third kappa shape index (κ3) is 2.16. The Balaban J connectivity index is 1.98. The summed E-state index contributed by atoms with van der Waals surface area (Å²) in [4.78, 5) is 18.3. The summed E-state index contributed by atoms with van der Waals surface area (Å²) < 4.78 is 0. The second-order valence-electron chi connectivity index (χ2n) is 4.90. The topological polar surface area (TPSA) is 45.2 Å². The van der Waals surface area contributed by atoms with Crippen LogP contribution in [0.15, 0.2) is 42.6 Å². The van der Waals surface area contributed by atoms with Crippen LogP contribution in [0.25, 0.3) is 11.6 Å². The molecule has 0 unspecified atom stereocenters. The molecule has 0 fully saturated rings. The van der Waals surface area contributed by atoms with Crippen molar-refractivity contribution in [1.82, 2.24) is 4.98 Å². The molecule has 0 bridgehead atoms. The molecule has 1 aliphatic heterocycles. The van der Waals surface area contributed by atoms with Gasteiger partial charge in [-0.15, -0.1) is 0 Å². The van der Waals surface area contributed by atoms with Gasteiger partial charge < -0.3 is 10.2 Å². The van der Waals surface area contributed by atoms with E-state index in [0.29, 0.717) is 11.3 Å². The molecule has 0 radical (unpaired) electrons. The minimum Gasteiger partial charge on any atom is -0.378 e. The summed E-state index contributed by atoms with van der Waals surface area (Å²) in [7, 11) is 4.00. The highest BCUT2D eigenvalue weighted by molar-refractivity contribution is 6.34. The highest BCUT2D eigenvalue weighted by Gasteiger charge is 2.24. The third-order valence-corrected chi connectivity index (χ3v) is 3.28. The van der Waals surface area contributed by atoms with Crippen LogP contribution in [0, 0.1) is 0 Å². The van der Waals surface area contributed by atoms with Crippen LogP contribution in [-0.2, 0) is 4.79 Å². The average molecular weight is 265 g/mol. The van der Waals surface area contributed by atoms with Crippen LogP contribution in [0.1, 0.15) is 11.3 Å². The van der Waals surface area contributed by atoms with Crippen molar-refractivity contribution in [2.75, 3.05) is 24.3 Å². The zero-order chi connectivity index (χ0) is 14.1. The van der Waals surface area contributed by atoms with Crippen LogP contribution in [0.4, 0.5) is 11.4 Å². The number of pyridine rings is 1. The van der Waals surface area contributed by atoms with Crippen molar-refractivity contribution in [2.24, 2.45) is 0 Å². The number of amides is 1. The number of hydrogen-bond acceptors (Lipinski definition) is 3. The minimum atomic E-state index is -0.101. The average Bonchev–Trinajstić information content (AvgIpc) is 2.76. The van der Waals surface area contributed by atoms with E-state index in [0.717, 1.165) is 16.9 Å². The van der Waals surface area contributed by atoms with E-state index in [1.54, 1.807) is 6.20 Å². The maximum absolute atomic E-state index is 12.0. The van der Waals surface area contributed by atoms with Gasteiger partial charge in [0.25, 0.3) is 5.91 Å². The number of carbonyl (C=O) groups is 1. The van der Waals surface area contributed by atoms with E-state index in [9.17, 15) is 4.79 Å². The molecule has 0 spiro atoms. The van der Waals surface area contributed by atoms with Crippen molar-refractivity contribution in [3.05, 3.63) is 53.9 Å². The number of fused-ring (bicyclic) bond motifs is 1. The summed E-state index contributed by atoms with van der Waals surface area (Å²) in [6.07, 6.45) is 3.57. The summed E-state index contributed by atoms with van der Waals surface area (Å²) in [6, 6.07) is 11.7. The van der Waals surface area contributed by atoms with E-state index in [1.807, 2.05) is 61.5 Å². The number of benzene rings is 1. The van der Waals surface area contributed by atoms with Gasteiger partial charge in [0.2, 0.25) is 0 Å². The van der Waals surface area contributed by atoms with Gasteiger partial charge in [0, 0.05) is 26.0 Å². The molecule has 4 heteroatoms. The van der Waals surface area contributed by atoms with Crippen LogP contribution in [-0.4, -0.2) is 25.0 Å². The third-order valence-electron chi connectivity index (χ3n) is 3.28. The molecule has 4 nitrogen and oxygen atoms in total. The molecule has 0 saturated carbocycles. The Morgan fingerprint density at radius 2 is 1.90 bits per heavy atom. The molecular formula is C16H15N3O. The Kier molecular flexibility index (Phi) is 2.99. The number of aromatic nitrogens is 1. The summed E-state index contributed by atoms with van der Waals surface area (Å²) in [6.45, 7) is 0. The van der Waals surface area contributed by atoms with Gasteiger partial charge in [-0.2, -0.15) is 0 Å². The van der Waals surface area contributed by atoms with Gasteiger partial charge in [-0.05, 0) is 35.9 Å². The molecule has 1 amide bonds. The van der Waals surface area contributed by atoms with Crippen LogP contribution in [0.3, 0.4) is 0 Å². The first-order chi connectivity index (χ1) is 9.65. The fourth-order valence-electron chi connectivity index (χ4n) is 2.19. The van der Waals surface area contributed by atoms with E-state index < -0.39 is 0 Å². The molecular weight excluding hydrogens is 250 g/mol. The largest absolute Gasteiger partial charge is 0.378 e. The monoisotopic (exact) mass is 265 g/mol. The lowest BCUT2D eigenvalue weighted by Crippen LogP contribution is -2.08. The maximum Gasteiger partial charge on any atom is 0.258 e. The van der Waals surface area contributed by atoms with E-state index >= 15 is 0 Å². The first-order valence-electron chi connectivity index (χ1n) is 6.41. The van der Waals surface area contributed by atoms with Gasteiger partial charge in [0.05, 0.1) is 17.0 Å². The highest BCUT2D eigenvalue weighted by atomic mass is 16.2. The Labute approximate surface area is 117 Å².